The fourth-order valence-electron chi connectivity index (χ4n) is 2.75. The average Bonchev–Trinajstić information content (AvgIpc) is 2.29. The summed E-state index contributed by atoms with van der Waals surface area (Å²) in [7, 11) is 0. The van der Waals surface area contributed by atoms with Crippen LogP contribution in [0, 0.1) is 5.92 Å². The summed E-state index contributed by atoms with van der Waals surface area (Å²) in [5, 5.41) is 13.8. The van der Waals surface area contributed by atoms with Gasteiger partial charge in [0.15, 0.2) is 6.29 Å². The molecule has 0 aromatic rings. The minimum Gasteiger partial charge on any atom is -0.389 e. The minimum absolute atomic E-state index is 0.204. The molecule has 0 radical (unpaired) electrons. The SMILES string of the molecule is CCOC(CNCC1(O)CCCC(C)C1)OCC. The lowest BCUT2D eigenvalue weighted by atomic mass is 9.79. The summed E-state index contributed by atoms with van der Waals surface area (Å²) in [6.45, 7) is 8.70. The highest BCUT2D eigenvalue weighted by Crippen LogP contribution is 2.31. The normalized spacial score (nSPS) is 28.8. The molecular weight excluding hydrogens is 230 g/mol. The Labute approximate surface area is 111 Å². The third-order valence-corrected chi connectivity index (χ3v) is 3.54. The number of ether oxygens (including phenoxy) is 2. The summed E-state index contributed by atoms with van der Waals surface area (Å²) in [5.74, 6) is 0.625. The Balaban J connectivity index is 2.26. The lowest BCUT2D eigenvalue weighted by molar-refractivity contribution is -0.134. The molecule has 2 atom stereocenters. The molecule has 2 N–H and O–H groups in total. The predicted octanol–water partition coefficient (Wildman–Crippen LogP) is 1.92. The monoisotopic (exact) mass is 259 g/mol. The van der Waals surface area contributed by atoms with Gasteiger partial charge in [-0.15, -0.1) is 0 Å². The molecule has 1 rings (SSSR count). The van der Waals surface area contributed by atoms with Gasteiger partial charge in [-0.2, -0.15) is 0 Å². The van der Waals surface area contributed by atoms with Crippen molar-refractivity contribution in [2.24, 2.45) is 5.92 Å². The minimum atomic E-state index is -0.541. The molecule has 4 heteroatoms. The fourth-order valence-corrected chi connectivity index (χ4v) is 2.75. The second-order valence-corrected chi connectivity index (χ2v) is 5.40. The maximum atomic E-state index is 10.5. The van der Waals surface area contributed by atoms with E-state index in [1.165, 1.54) is 6.42 Å². The quantitative estimate of drug-likeness (QED) is 0.654. The van der Waals surface area contributed by atoms with E-state index in [1.54, 1.807) is 0 Å². The molecule has 0 aromatic heterocycles. The molecule has 0 spiro atoms. The zero-order valence-corrected chi connectivity index (χ0v) is 12.1. The van der Waals surface area contributed by atoms with Crippen LogP contribution in [0.5, 0.6) is 0 Å². The molecule has 1 aliphatic carbocycles. The van der Waals surface area contributed by atoms with Crippen LogP contribution >= 0.6 is 0 Å². The molecule has 18 heavy (non-hydrogen) atoms. The van der Waals surface area contributed by atoms with Gasteiger partial charge >= 0.3 is 0 Å². The van der Waals surface area contributed by atoms with Crippen molar-refractivity contribution in [1.82, 2.24) is 5.32 Å². The van der Waals surface area contributed by atoms with E-state index in [0.717, 1.165) is 19.3 Å². The van der Waals surface area contributed by atoms with E-state index in [2.05, 4.69) is 12.2 Å². The third kappa shape index (κ3) is 5.65. The van der Waals surface area contributed by atoms with Crippen molar-refractivity contribution in [3.05, 3.63) is 0 Å². The van der Waals surface area contributed by atoms with Crippen molar-refractivity contribution < 1.29 is 14.6 Å². The van der Waals surface area contributed by atoms with Crippen molar-refractivity contribution in [3.8, 4) is 0 Å². The van der Waals surface area contributed by atoms with Crippen LogP contribution in [0.2, 0.25) is 0 Å². The van der Waals surface area contributed by atoms with Crippen LogP contribution in [0.15, 0.2) is 0 Å². The molecule has 0 bridgehead atoms. The number of hydrogen-bond acceptors (Lipinski definition) is 4. The van der Waals surface area contributed by atoms with Gasteiger partial charge in [0, 0.05) is 26.3 Å². The lowest BCUT2D eigenvalue weighted by Crippen LogP contribution is -2.46. The van der Waals surface area contributed by atoms with Crippen molar-refractivity contribution in [3.63, 3.8) is 0 Å². The molecule has 0 heterocycles. The molecule has 0 aliphatic heterocycles. The maximum absolute atomic E-state index is 10.5. The molecule has 4 nitrogen and oxygen atoms in total. The Morgan fingerprint density at radius 3 is 2.56 bits per heavy atom. The second kappa shape index (κ2) is 8.10. The first-order valence-corrected chi connectivity index (χ1v) is 7.26. The van der Waals surface area contributed by atoms with E-state index in [1.807, 2.05) is 13.8 Å². The molecule has 2 unspecified atom stereocenters. The van der Waals surface area contributed by atoms with Gasteiger partial charge < -0.3 is 19.9 Å². The summed E-state index contributed by atoms with van der Waals surface area (Å²) in [6.07, 6.45) is 3.96. The molecular formula is C14H29NO3. The van der Waals surface area contributed by atoms with E-state index in [4.69, 9.17) is 9.47 Å². The molecule has 1 aliphatic rings. The van der Waals surface area contributed by atoms with Crippen LogP contribution in [0.4, 0.5) is 0 Å². The Bertz CT molecular complexity index is 219. The summed E-state index contributed by atoms with van der Waals surface area (Å²) < 4.78 is 10.9. The molecule has 108 valence electrons. The first-order chi connectivity index (χ1) is 8.59. The smallest absolute Gasteiger partial charge is 0.169 e. The zero-order valence-electron chi connectivity index (χ0n) is 12.1. The van der Waals surface area contributed by atoms with E-state index < -0.39 is 5.60 Å². The maximum Gasteiger partial charge on any atom is 0.169 e. The Morgan fingerprint density at radius 2 is 2.00 bits per heavy atom. The Morgan fingerprint density at radius 1 is 1.33 bits per heavy atom. The lowest BCUT2D eigenvalue weighted by Gasteiger charge is -2.36. The highest BCUT2D eigenvalue weighted by molar-refractivity contribution is 4.87. The van der Waals surface area contributed by atoms with Gasteiger partial charge in [0.05, 0.1) is 5.60 Å². The Kier molecular flexibility index (Phi) is 7.15. The molecule has 0 saturated heterocycles. The van der Waals surface area contributed by atoms with Crippen LogP contribution in [0.1, 0.15) is 46.5 Å². The van der Waals surface area contributed by atoms with E-state index in [-0.39, 0.29) is 6.29 Å². The van der Waals surface area contributed by atoms with Crippen LogP contribution in [0.25, 0.3) is 0 Å². The van der Waals surface area contributed by atoms with Gasteiger partial charge in [0.2, 0.25) is 0 Å². The van der Waals surface area contributed by atoms with Gasteiger partial charge in [0.25, 0.3) is 0 Å². The predicted molar refractivity (Wildman–Crippen MR) is 72.5 cm³/mol. The fraction of sp³-hybridized carbons (Fsp3) is 1.00. The van der Waals surface area contributed by atoms with Crippen molar-refractivity contribution >= 4 is 0 Å². The summed E-state index contributed by atoms with van der Waals surface area (Å²) >= 11 is 0. The highest BCUT2D eigenvalue weighted by atomic mass is 16.7. The molecule has 1 saturated carbocycles. The highest BCUT2D eigenvalue weighted by Gasteiger charge is 2.32. The van der Waals surface area contributed by atoms with Gasteiger partial charge in [-0.3, -0.25) is 0 Å². The second-order valence-electron chi connectivity index (χ2n) is 5.40. The van der Waals surface area contributed by atoms with E-state index in [0.29, 0.717) is 32.2 Å². The van der Waals surface area contributed by atoms with E-state index in [9.17, 15) is 5.11 Å². The standard InChI is InChI=1S/C14H29NO3/c1-4-17-13(18-5-2)10-15-11-14(16)8-6-7-12(3)9-14/h12-13,15-16H,4-11H2,1-3H3. The average molecular weight is 259 g/mol. The first-order valence-electron chi connectivity index (χ1n) is 7.26. The number of nitrogens with one attached hydrogen (secondary N) is 1. The molecule has 0 aromatic carbocycles. The largest absolute Gasteiger partial charge is 0.389 e. The van der Waals surface area contributed by atoms with Gasteiger partial charge in [-0.1, -0.05) is 19.8 Å². The number of hydrogen-bond donors (Lipinski definition) is 2. The van der Waals surface area contributed by atoms with Crippen molar-refractivity contribution in [1.29, 1.82) is 0 Å². The van der Waals surface area contributed by atoms with Crippen LogP contribution in [-0.2, 0) is 9.47 Å². The van der Waals surface area contributed by atoms with Gasteiger partial charge in [-0.25, -0.2) is 0 Å². The van der Waals surface area contributed by atoms with Gasteiger partial charge in [0.1, 0.15) is 0 Å². The molecule has 1 fully saturated rings. The Hall–Kier alpha value is -0.160. The number of aliphatic hydroxyl groups is 1. The number of rotatable bonds is 8. The van der Waals surface area contributed by atoms with Crippen molar-refractivity contribution in [2.45, 2.75) is 58.3 Å². The summed E-state index contributed by atoms with van der Waals surface area (Å²) in [4.78, 5) is 0. The van der Waals surface area contributed by atoms with Crippen LogP contribution < -0.4 is 5.32 Å². The summed E-state index contributed by atoms with van der Waals surface area (Å²) in [6, 6.07) is 0. The van der Waals surface area contributed by atoms with Crippen LogP contribution in [0.3, 0.4) is 0 Å². The molecule has 0 amide bonds. The summed E-state index contributed by atoms with van der Waals surface area (Å²) in [5.41, 5.74) is -0.541. The van der Waals surface area contributed by atoms with Crippen LogP contribution in [-0.4, -0.2) is 43.3 Å². The van der Waals surface area contributed by atoms with Gasteiger partial charge in [-0.05, 0) is 32.6 Å². The topological polar surface area (TPSA) is 50.7 Å². The third-order valence-electron chi connectivity index (χ3n) is 3.54. The first kappa shape index (κ1) is 15.9. The van der Waals surface area contributed by atoms with E-state index >= 15 is 0 Å². The zero-order chi connectivity index (χ0) is 13.4. The van der Waals surface area contributed by atoms with Crippen molar-refractivity contribution in [2.75, 3.05) is 26.3 Å².